The van der Waals surface area contributed by atoms with Gasteiger partial charge < -0.3 is 9.26 Å². The van der Waals surface area contributed by atoms with Gasteiger partial charge in [-0.15, -0.1) is 0 Å². The molecule has 0 radical (unpaired) electrons. The maximum Gasteiger partial charge on any atom is 0.145 e. The zero-order chi connectivity index (χ0) is 19.3. The normalized spacial score (nSPS) is 29.0. The monoisotopic (exact) mass is 416 g/mol. The molecular formula is C22H22Cl2N2O2. The average Bonchev–Trinajstić information content (AvgIpc) is 3.48. The van der Waals surface area contributed by atoms with Crippen LogP contribution in [0.4, 0.5) is 0 Å². The Morgan fingerprint density at radius 2 is 1.89 bits per heavy atom. The van der Waals surface area contributed by atoms with Crippen LogP contribution in [0.3, 0.4) is 0 Å². The molecule has 4 fully saturated rings. The number of ether oxygens (including phenoxy) is 1. The highest BCUT2D eigenvalue weighted by molar-refractivity contribution is 6.39. The molecule has 2 bridgehead atoms. The number of rotatable bonds is 5. The van der Waals surface area contributed by atoms with Crippen LogP contribution in [-0.2, 0) is 11.3 Å². The summed E-state index contributed by atoms with van der Waals surface area (Å²) in [6.07, 6.45) is 7.34. The molecule has 2 aromatic rings. The quantitative estimate of drug-likeness (QED) is 0.556. The zero-order valence-corrected chi connectivity index (χ0v) is 17.1. The highest BCUT2D eigenvalue weighted by Crippen LogP contribution is 2.52. The van der Waals surface area contributed by atoms with E-state index in [1.807, 2.05) is 18.2 Å². The van der Waals surface area contributed by atoms with Crippen molar-refractivity contribution in [3.8, 4) is 17.3 Å². The number of nitrogens with zero attached hydrogens (tertiary/aromatic N) is 2. The van der Waals surface area contributed by atoms with Gasteiger partial charge in [-0.2, -0.15) is 5.26 Å². The van der Waals surface area contributed by atoms with Gasteiger partial charge in [0.15, 0.2) is 0 Å². The first kappa shape index (κ1) is 18.5. The van der Waals surface area contributed by atoms with E-state index in [1.54, 1.807) is 0 Å². The van der Waals surface area contributed by atoms with E-state index >= 15 is 0 Å². The Bertz CT molecular complexity index is 916. The van der Waals surface area contributed by atoms with Crippen LogP contribution >= 0.6 is 23.2 Å². The third-order valence-corrected chi connectivity index (χ3v) is 7.41. The first-order valence-corrected chi connectivity index (χ1v) is 10.8. The highest BCUT2D eigenvalue weighted by Gasteiger charge is 2.49. The van der Waals surface area contributed by atoms with Crippen molar-refractivity contribution in [2.75, 3.05) is 0 Å². The molecule has 1 aromatic carbocycles. The molecule has 0 saturated heterocycles. The van der Waals surface area contributed by atoms with Crippen molar-refractivity contribution in [1.29, 1.82) is 5.26 Å². The molecule has 0 aliphatic heterocycles. The van der Waals surface area contributed by atoms with Crippen LogP contribution in [0, 0.1) is 22.7 Å². The standard InChI is InChI=1S/C22H22Cl2N2O2/c23-16-2-1-3-17(24)19(16)20-15(21(28-26-20)14-4-5-14)11-27-18-10-13-6-8-22(18,12-25)9-7-13/h1-3,13-14,18H,4-11H2. The lowest BCUT2D eigenvalue weighted by Crippen LogP contribution is -2.46. The van der Waals surface area contributed by atoms with Crippen LogP contribution in [0.2, 0.25) is 10.0 Å². The summed E-state index contributed by atoms with van der Waals surface area (Å²) in [5.41, 5.74) is 1.96. The second kappa shape index (κ2) is 7.06. The summed E-state index contributed by atoms with van der Waals surface area (Å²) in [6, 6.07) is 8.03. The Hall–Kier alpha value is -1.54. The molecule has 1 heterocycles. The van der Waals surface area contributed by atoms with Crippen LogP contribution in [0.15, 0.2) is 22.7 Å². The van der Waals surface area contributed by atoms with E-state index in [9.17, 15) is 5.26 Å². The molecule has 1 atom stereocenters. The topological polar surface area (TPSA) is 59.0 Å². The van der Waals surface area contributed by atoms with E-state index in [0.717, 1.165) is 56.3 Å². The molecule has 4 aliphatic rings. The number of nitriles is 1. The summed E-state index contributed by atoms with van der Waals surface area (Å²) in [5.74, 6) is 1.97. The van der Waals surface area contributed by atoms with Gasteiger partial charge in [-0.05, 0) is 63.0 Å². The molecule has 1 aromatic heterocycles. The van der Waals surface area contributed by atoms with Gasteiger partial charge in [0.1, 0.15) is 11.5 Å². The molecular weight excluding hydrogens is 395 g/mol. The van der Waals surface area contributed by atoms with Gasteiger partial charge in [0.2, 0.25) is 0 Å². The number of halogens is 2. The van der Waals surface area contributed by atoms with Crippen LogP contribution in [-0.4, -0.2) is 11.3 Å². The smallest absolute Gasteiger partial charge is 0.145 e. The first-order chi connectivity index (χ1) is 13.6. The minimum absolute atomic E-state index is 0.0264. The predicted octanol–water partition coefficient (Wildman–Crippen LogP) is 6.51. The second-order valence-corrected chi connectivity index (χ2v) is 9.31. The lowest BCUT2D eigenvalue weighted by Gasteiger charge is -2.47. The summed E-state index contributed by atoms with van der Waals surface area (Å²) in [4.78, 5) is 0. The van der Waals surface area contributed by atoms with Crippen molar-refractivity contribution >= 4 is 23.2 Å². The fourth-order valence-corrected chi connectivity index (χ4v) is 5.50. The molecule has 0 N–H and O–H groups in total. The summed E-state index contributed by atoms with van der Waals surface area (Å²) >= 11 is 12.9. The highest BCUT2D eigenvalue weighted by atomic mass is 35.5. The van der Waals surface area contributed by atoms with Crippen molar-refractivity contribution in [3.63, 3.8) is 0 Å². The van der Waals surface area contributed by atoms with Gasteiger partial charge in [0.05, 0.1) is 34.2 Å². The molecule has 6 heteroatoms. The zero-order valence-electron chi connectivity index (χ0n) is 15.6. The Kier molecular flexibility index (Phi) is 4.66. The van der Waals surface area contributed by atoms with E-state index in [-0.39, 0.29) is 11.5 Å². The van der Waals surface area contributed by atoms with E-state index in [4.69, 9.17) is 32.5 Å². The Morgan fingerprint density at radius 1 is 1.18 bits per heavy atom. The van der Waals surface area contributed by atoms with E-state index < -0.39 is 0 Å². The maximum atomic E-state index is 9.86. The van der Waals surface area contributed by atoms with Crippen molar-refractivity contribution < 1.29 is 9.26 Å². The summed E-state index contributed by atoms with van der Waals surface area (Å²) < 4.78 is 12.1. The van der Waals surface area contributed by atoms with E-state index in [0.29, 0.717) is 39.7 Å². The van der Waals surface area contributed by atoms with Gasteiger partial charge in [0, 0.05) is 17.0 Å². The third kappa shape index (κ3) is 3.05. The number of fused-ring (bicyclic) bond motifs is 3. The molecule has 0 spiro atoms. The lowest BCUT2D eigenvalue weighted by atomic mass is 9.59. The lowest BCUT2D eigenvalue weighted by molar-refractivity contribution is -0.0944. The summed E-state index contributed by atoms with van der Waals surface area (Å²) in [7, 11) is 0. The Labute approximate surface area is 174 Å². The minimum Gasteiger partial charge on any atom is -0.372 e. The number of hydrogen-bond acceptors (Lipinski definition) is 4. The molecule has 4 saturated carbocycles. The van der Waals surface area contributed by atoms with Crippen molar-refractivity contribution in [2.24, 2.45) is 11.3 Å². The molecule has 6 rings (SSSR count). The van der Waals surface area contributed by atoms with Crippen molar-refractivity contribution in [3.05, 3.63) is 39.6 Å². The van der Waals surface area contributed by atoms with E-state index in [1.165, 1.54) is 0 Å². The third-order valence-electron chi connectivity index (χ3n) is 6.78. The summed E-state index contributed by atoms with van der Waals surface area (Å²) in [6.45, 7) is 0.382. The van der Waals surface area contributed by atoms with Gasteiger partial charge >= 0.3 is 0 Å². The first-order valence-electron chi connectivity index (χ1n) is 10.1. The molecule has 0 amide bonds. The molecule has 4 aliphatic carbocycles. The predicted molar refractivity (Wildman–Crippen MR) is 107 cm³/mol. The largest absolute Gasteiger partial charge is 0.372 e. The molecule has 4 nitrogen and oxygen atoms in total. The van der Waals surface area contributed by atoms with Crippen LogP contribution in [0.25, 0.3) is 11.3 Å². The van der Waals surface area contributed by atoms with Crippen LogP contribution in [0.1, 0.15) is 62.2 Å². The van der Waals surface area contributed by atoms with Crippen molar-refractivity contribution in [1.82, 2.24) is 5.16 Å². The fourth-order valence-electron chi connectivity index (χ4n) is 4.92. The van der Waals surface area contributed by atoms with Gasteiger partial charge in [-0.1, -0.05) is 34.4 Å². The number of benzene rings is 1. The summed E-state index contributed by atoms with van der Waals surface area (Å²) in [5, 5.41) is 15.3. The fraction of sp³-hybridized carbons (Fsp3) is 0.545. The average molecular weight is 417 g/mol. The molecule has 28 heavy (non-hydrogen) atoms. The minimum atomic E-state index is -0.339. The maximum absolute atomic E-state index is 9.86. The Balaban J connectivity index is 1.47. The number of hydrogen-bond donors (Lipinski definition) is 0. The Morgan fingerprint density at radius 3 is 2.54 bits per heavy atom. The second-order valence-electron chi connectivity index (χ2n) is 8.49. The van der Waals surface area contributed by atoms with Gasteiger partial charge in [-0.3, -0.25) is 0 Å². The van der Waals surface area contributed by atoms with Crippen molar-refractivity contribution in [2.45, 2.75) is 63.6 Å². The molecule has 146 valence electrons. The van der Waals surface area contributed by atoms with Crippen LogP contribution in [0.5, 0.6) is 0 Å². The van der Waals surface area contributed by atoms with E-state index in [2.05, 4.69) is 11.2 Å². The SMILES string of the molecule is N#CC12CCC(CC1)CC2OCc1c(-c2c(Cl)cccc2Cl)noc1C1CC1. The van der Waals surface area contributed by atoms with Crippen LogP contribution < -0.4 is 0 Å². The van der Waals surface area contributed by atoms with Gasteiger partial charge in [-0.25, -0.2) is 0 Å². The molecule has 1 unspecified atom stereocenters. The van der Waals surface area contributed by atoms with Gasteiger partial charge in [0.25, 0.3) is 0 Å². The number of aromatic nitrogens is 1.